The van der Waals surface area contributed by atoms with E-state index in [0.29, 0.717) is 11.4 Å². The van der Waals surface area contributed by atoms with Gasteiger partial charge in [-0.1, -0.05) is 35.9 Å². The fourth-order valence-corrected chi connectivity index (χ4v) is 2.48. The number of fused-ring (bicyclic) bond motifs is 1. The van der Waals surface area contributed by atoms with Crippen molar-refractivity contribution >= 4 is 11.6 Å². The highest BCUT2D eigenvalue weighted by molar-refractivity contribution is 6.31. The van der Waals surface area contributed by atoms with Gasteiger partial charge in [-0.2, -0.15) is 0 Å². The second kappa shape index (κ2) is 5.11. The van der Waals surface area contributed by atoms with Crippen molar-refractivity contribution in [1.82, 2.24) is 0 Å². The van der Waals surface area contributed by atoms with Crippen molar-refractivity contribution in [2.75, 3.05) is 6.79 Å². The third-order valence-corrected chi connectivity index (χ3v) is 3.54. The van der Waals surface area contributed by atoms with Gasteiger partial charge in [0, 0.05) is 11.1 Å². The van der Waals surface area contributed by atoms with Crippen LogP contribution in [0.4, 0.5) is 0 Å². The summed E-state index contributed by atoms with van der Waals surface area (Å²) in [5.41, 5.74) is 8.28. The molecule has 0 radical (unpaired) electrons. The quantitative estimate of drug-likeness (QED) is 0.935. The van der Waals surface area contributed by atoms with Crippen molar-refractivity contribution < 1.29 is 9.47 Å². The largest absolute Gasteiger partial charge is 0.454 e. The van der Waals surface area contributed by atoms with E-state index in [1.165, 1.54) is 0 Å². The summed E-state index contributed by atoms with van der Waals surface area (Å²) in [4.78, 5) is 0. The van der Waals surface area contributed by atoms with E-state index in [1.807, 2.05) is 42.5 Å². The van der Waals surface area contributed by atoms with Crippen molar-refractivity contribution in [1.29, 1.82) is 0 Å². The predicted octanol–water partition coefficient (Wildman–Crippen LogP) is 3.31. The second-order valence-electron chi connectivity index (χ2n) is 4.52. The van der Waals surface area contributed by atoms with Gasteiger partial charge >= 0.3 is 0 Å². The smallest absolute Gasteiger partial charge is 0.231 e. The molecule has 0 amide bonds. The maximum atomic E-state index is 6.22. The molecule has 4 heteroatoms. The molecule has 98 valence electrons. The number of hydrogen-bond acceptors (Lipinski definition) is 3. The van der Waals surface area contributed by atoms with E-state index in [4.69, 9.17) is 26.8 Å². The first-order chi connectivity index (χ1) is 9.24. The van der Waals surface area contributed by atoms with Crippen LogP contribution < -0.4 is 15.2 Å². The topological polar surface area (TPSA) is 44.5 Å². The highest BCUT2D eigenvalue weighted by Crippen LogP contribution is 2.33. The van der Waals surface area contributed by atoms with Crippen LogP contribution in [-0.2, 0) is 6.42 Å². The molecule has 0 bridgehead atoms. The van der Waals surface area contributed by atoms with Gasteiger partial charge in [-0.05, 0) is 35.7 Å². The Labute approximate surface area is 116 Å². The van der Waals surface area contributed by atoms with Gasteiger partial charge < -0.3 is 15.2 Å². The Kier molecular flexibility index (Phi) is 3.32. The summed E-state index contributed by atoms with van der Waals surface area (Å²) < 4.78 is 10.6. The number of hydrogen-bond donors (Lipinski definition) is 1. The van der Waals surface area contributed by atoms with Crippen LogP contribution in [0.5, 0.6) is 11.5 Å². The van der Waals surface area contributed by atoms with Gasteiger partial charge in [0.05, 0.1) is 0 Å². The van der Waals surface area contributed by atoms with Gasteiger partial charge in [0.1, 0.15) is 0 Å². The molecule has 2 aromatic rings. The van der Waals surface area contributed by atoms with Gasteiger partial charge in [-0.25, -0.2) is 0 Å². The van der Waals surface area contributed by atoms with E-state index in [-0.39, 0.29) is 12.8 Å². The van der Waals surface area contributed by atoms with Gasteiger partial charge in [0.15, 0.2) is 11.5 Å². The maximum absolute atomic E-state index is 6.22. The van der Waals surface area contributed by atoms with E-state index < -0.39 is 0 Å². The van der Waals surface area contributed by atoms with E-state index in [9.17, 15) is 0 Å². The molecular weight excluding hydrogens is 262 g/mol. The fraction of sp³-hybridized carbons (Fsp3) is 0.200. The summed E-state index contributed by atoms with van der Waals surface area (Å²) >= 11 is 6.15. The molecule has 0 spiro atoms. The molecule has 0 aliphatic carbocycles. The van der Waals surface area contributed by atoms with Gasteiger partial charge in [-0.15, -0.1) is 0 Å². The van der Waals surface area contributed by atoms with Crippen LogP contribution in [0.1, 0.15) is 17.2 Å². The van der Waals surface area contributed by atoms with Crippen LogP contribution in [0.25, 0.3) is 0 Å². The minimum absolute atomic E-state index is 0.130. The molecule has 1 atom stereocenters. The summed E-state index contributed by atoms with van der Waals surface area (Å²) in [5.74, 6) is 1.57. The standard InChI is InChI=1S/C15H14ClNO2/c16-12-4-2-1-3-11(12)13(17)7-10-5-6-14-15(8-10)19-9-18-14/h1-6,8,13H,7,9,17H2. The number of benzene rings is 2. The molecule has 2 N–H and O–H groups in total. The first-order valence-corrected chi connectivity index (χ1v) is 6.50. The summed E-state index contributed by atoms with van der Waals surface area (Å²) in [7, 11) is 0. The first kappa shape index (κ1) is 12.3. The molecule has 3 nitrogen and oxygen atoms in total. The van der Waals surface area contributed by atoms with E-state index in [0.717, 1.165) is 22.6 Å². The van der Waals surface area contributed by atoms with Gasteiger partial charge in [0.25, 0.3) is 0 Å². The lowest BCUT2D eigenvalue weighted by Crippen LogP contribution is -2.13. The number of nitrogens with two attached hydrogens (primary N) is 1. The molecule has 3 rings (SSSR count). The second-order valence-corrected chi connectivity index (χ2v) is 4.93. The average Bonchev–Trinajstić information content (AvgIpc) is 2.86. The van der Waals surface area contributed by atoms with Crippen molar-refractivity contribution in [3.8, 4) is 11.5 Å². The zero-order chi connectivity index (χ0) is 13.2. The van der Waals surface area contributed by atoms with Gasteiger partial charge in [-0.3, -0.25) is 0 Å². The average molecular weight is 276 g/mol. The highest BCUT2D eigenvalue weighted by atomic mass is 35.5. The third-order valence-electron chi connectivity index (χ3n) is 3.20. The fourth-order valence-electron chi connectivity index (χ4n) is 2.21. The summed E-state index contributed by atoms with van der Waals surface area (Å²) in [5, 5.41) is 0.704. The van der Waals surface area contributed by atoms with Crippen LogP contribution in [0, 0.1) is 0 Å². The lowest BCUT2D eigenvalue weighted by Gasteiger charge is -2.14. The van der Waals surface area contributed by atoms with Crippen molar-refractivity contribution in [2.45, 2.75) is 12.5 Å². The molecule has 0 saturated heterocycles. The SMILES string of the molecule is NC(Cc1ccc2c(c1)OCO2)c1ccccc1Cl. The molecule has 1 unspecified atom stereocenters. The van der Waals surface area contributed by atoms with E-state index in [2.05, 4.69) is 0 Å². The molecule has 1 aliphatic heterocycles. The Morgan fingerprint density at radius 2 is 1.89 bits per heavy atom. The Hall–Kier alpha value is -1.71. The number of rotatable bonds is 3. The molecule has 0 aromatic heterocycles. The zero-order valence-electron chi connectivity index (χ0n) is 10.3. The van der Waals surface area contributed by atoms with Crippen LogP contribution in [0.15, 0.2) is 42.5 Å². The molecule has 0 saturated carbocycles. The summed E-state index contributed by atoms with van der Waals surface area (Å²) in [6.45, 7) is 0.287. The molecule has 1 heterocycles. The van der Waals surface area contributed by atoms with Gasteiger partial charge in [0.2, 0.25) is 6.79 Å². The molecule has 1 aliphatic rings. The first-order valence-electron chi connectivity index (χ1n) is 6.12. The van der Waals surface area contributed by atoms with E-state index >= 15 is 0 Å². The van der Waals surface area contributed by atoms with Crippen LogP contribution in [-0.4, -0.2) is 6.79 Å². The monoisotopic (exact) mass is 275 g/mol. The Balaban J connectivity index is 1.80. The van der Waals surface area contributed by atoms with E-state index in [1.54, 1.807) is 0 Å². The summed E-state index contributed by atoms with van der Waals surface area (Å²) in [6, 6.07) is 13.4. The Morgan fingerprint density at radius 3 is 2.74 bits per heavy atom. The van der Waals surface area contributed by atoms with Crippen LogP contribution in [0.3, 0.4) is 0 Å². The third kappa shape index (κ3) is 2.53. The highest BCUT2D eigenvalue weighted by Gasteiger charge is 2.15. The number of halogens is 1. The van der Waals surface area contributed by atoms with Crippen LogP contribution in [0.2, 0.25) is 5.02 Å². The molecule has 2 aromatic carbocycles. The molecule has 0 fully saturated rings. The normalized spacial score (nSPS) is 14.4. The Bertz CT molecular complexity index is 600. The molecule has 19 heavy (non-hydrogen) atoms. The van der Waals surface area contributed by atoms with Crippen molar-refractivity contribution in [2.24, 2.45) is 5.73 Å². The van der Waals surface area contributed by atoms with Crippen molar-refractivity contribution in [3.05, 3.63) is 58.6 Å². The van der Waals surface area contributed by atoms with Crippen LogP contribution >= 0.6 is 11.6 Å². The minimum atomic E-state index is -0.130. The predicted molar refractivity (Wildman–Crippen MR) is 74.6 cm³/mol. The Morgan fingerprint density at radius 1 is 1.11 bits per heavy atom. The number of ether oxygens (including phenoxy) is 2. The zero-order valence-corrected chi connectivity index (χ0v) is 11.1. The minimum Gasteiger partial charge on any atom is -0.454 e. The maximum Gasteiger partial charge on any atom is 0.231 e. The lowest BCUT2D eigenvalue weighted by molar-refractivity contribution is 0.174. The lowest BCUT2D eigenvalue weighted by atomic mass is 9.99. The van der Waals surface area contributed by atoms with Crippen molar-refractivity contribution in [3.63, 3.8) is 0 Å². The summed E-state index contributed by atoms with van der Waals surface area (Å²) in [6.07, 6.45) is 0.709. The molecular formula is C15H14ClNO2.